The number of likely N-dealkylation sites (tertiary alicyclic amines) is 1. The van der Waals surface area contributed by atoms with Crippen molar-refractivity contribution in [2.24, 2.45) is 5.92 Å². The van der Waals surface area contributed by atoms with Gasteiger partial charge < -0.3 is 19.7 Å². The van der Waals surface area contributed by atoms with Crippen LogP contribution in [0.4, 0.5) is 13.6 Å². The number of halogens is 2. The number of methoxy groups -OCH3 is 1. The molecule has 0 bridgehead atoms. The fraction of sp³-hybridized carbons (Fsp3) is 0.296. The first-order valence-electron chi connectivity index (χ1n) is 11.4. The smallest absolute Gasteiger partial charge is 0.317 e. The molecule has 0 spiro atoms. The molecule has 1 saturated heterocycles. The lowest BCUT2D eigenvalue weighted by Gasteiger charge is -2.32. The summed E-state index contributed by atoms with van der Waals surface area (Å²) in [5.74, 6) is -0.694. The highest BCUT2D eigenvalue weighted by molar-refractivity contribution is 5.74. The Morgan fingerprint density at radius 3 is 2.53 bits per heavy atom. The van der Waals surface area contributed by atoms with Crippen LogP contribution < -0.4 is 14.8 Å². The van der Waals surface area contributed by atoms with Crippen LogP contribution in [0.1, 0.15) is 18.4 Å². The highest BCUT2D eigenvalue weighted by atomic mass is 19.2. The second kappa shape index (κ2) is 11.0. The van der Waals surface area contributed by atoms with E-state index in [0.29, 0.717) is 36.6 Å². The van der Waals surface area contributed by atoms with Gasteiger partial charge >= 0.3 is 6.03 Å². The van der Waals surface area contributed by atoms with E-state index in [1.54, 1.807) is 24.3 Å². The van der Waals surface area contributed by atoms with Crippen molar-refractivity contribution >= 4 is 6.03 Å². The summed E-state index contributed by atoms with van der Waals surface area (Å²) in [7, 11) is 1.42. The van der Waals surface area contributed by atoms with Crippen LogP contribution in [0.2, 0.25) is 0 Å². The van der Waals surface area contributed by atoms with E-state index in [0.717, 1.165) is 37.1 Å². The molecule has 0 aromatic heterocycles. The molecule has 5 nitrogen and oxygen atoms in total. The number of carbonyl (C=O) groups is 1. The summed E-state index contributed by atoms with van der Waals surface area (Å²) < 4.78 is 38.4. The van der Waals surface area contributed by atoms with Crippen molar-refractivity contribution in [2.45, 2.75) is 19.4 Å². The summed E-state index contributed by atoms with van der Waals surface area (Å²) in [5, 5.41) is 2.99. The molecule has 1 aliphatic rings. The minimum atomic E-state index is -0.948. The lowest BCUT2D eigenvalue weighted by Crippen LogP contribution is -2.46. The maximum absolute atomic E-state index is 13.7. The zero-order chi connectivity index (χ0) is 23.9. The lowest BCUT2D eigenvalue weighted by molar-refractivity contribution is 0.137. The molecule has 2 amide bonds. The molecule has 1 aliphatic heterocycles. The molecular weight excluding hydrogens is 438 g/mol. The molecule has 3 aromatic rings. The van der Waals surface area contributed by atoms with Crippen LogP contribution in [0.25, 0.3) is 11.1 Å². The van der Waals surface area contributed by atoms with Crippen molar-refractivity contribution < 1.29 is 23.0 Å². The number of nitrogens with one attached hydrogen (secondary N) is 1. The van der Waals surface area contributed by atoms with Crippen molar-refractivity contribution in [3.8, 4) is 22.6 Å². The Kier molecular flexibility index (Phi) is 7.62. The van der Waals surface area contributed by atoms with Crippen molar-refractivity contribution in [2.75, 3.05) is 26.8 Å². The summed E-state index contributed by atoms with van der Waals surface area (Å²) in [6.07, 6.45) is 1.92. The SMILES string of the molecule is COc1cc(F)c(F)cc1-c1ccc(OCC2CCCN(C(=O)NCc3ccccc3)C2)cc1. The van der Waals surface area contributed by atoms with E-state index in [4.69, 9.17) is 9.47 Å². The maximum atomic E-state index is 13.7. The van der Waals surface area contributed by atoms with Crippen molar-refractivity contribution in [1.29, 1.82) is 0 Å². The minimum Gasteiger partial charge on any atom is -0.496 e. The van der Waals surface area contributed by atoms with Gasteiger partial charge in [0.1, 0.15) is 11.5 Å². The Morgan fingerprint density at radius 1 is 1.06 bits per heavy atom. The van der Waals surface area contributed by atoms with Crippen LogP contribution in [-0.4, -0.2) is 37.7 Å². The van der Waals surface area contributed by atoms with Gasteiger partial charge in [-0.05, 0) is 42.2 Å². The molecule has 1 N–H and O–H groups in total. The van der Waals surface area contributed by atoms with Crippen LogP contribution in [-0.2, 0) is 6.54 Å². The molecule has 0 saturated carbocycles. The van der Waals surface area contributed by atoms with Gasteiger partial charge in [-0.1, -0.05) is 42.5 Å². The molecule has 178 valence electrons. The zero-order valence-corrected chi connectivity index (χ0v) is 19.1. The molecule has 34 heavy (non-hydrogen) atoms. The Labute approximate surface area is 198 Å². The third kappa shape index (κ3) is 5.84. The Morgan fingerprint density at radius 2 is 1.79 bits per heavy atom. The van der Waals surface area contributed by atoms with Crippen LogP contribution in [0.15, 0.2) is 66.7 Å². The number of benzene rings is 3. The minimum absolute atomic E-state index is 0.0571. The summed E-state index contributed by atoms with van der Waals surface area (Å²) in [6, 6.07) is 19.1. The predicted molar refractivity (Wildman–Crippen MR) is 127 cm³/mol. The number of urea groups is 1. The zero-order valence-electron chi connectivity index (χ0n) is 19.1. The quantitative estimate of drug-likeness (QED) is 0.490. The van der Waals surface area contributed by atoms with Gasteiger partial charge in [-0.2, -0.15) is 0 Å². The monoisotopic (exact) mass is 466 g/mol. The number of hydrogen-bond acceptors (Lipinski definition) is 3. The molecule has 4 rings (SSSR count). The highest BCUT2D eigenvalue weighted by Crippen LogP contribution is 2.33. The number of piperidine rings is 1. The number of nitrogens with zero attached hydrogens (tertiary/aromatic N) is 1. The number of amides is 2. The number of rotatable bonds is 7. The second-order valence-corrected chi connectivity index (χ2v) is 8.40. The topological polar surface area (TPSA) is 50.8 Å². The summed E-state index contributed by atoms with van der Waals surface area (Å²) >= 11 is 0. The first-order valence-corrected chi connectivity index (χ1v) is 11.4. The van der Waals surface area contributed by atoms with Crippen LogP contribution in [0.5, 0.6) is 11.5 Å². The van der Waals surface area contributed by atoms with Gasteiger partial charge in [-0.3, -0.25) is 0 Å². The predicted octanol–water partition coefficient (Wildman–Crippen LogP) is 5.64. The fourth-order valence-corrected chi connectivity index (χ4v) is 4.14. The van der Waals surface area contributed by atoms with Gasteiger partial charge in [-0.25, -0.2) is 13.6 Å². The second-order valence-electron chi connectivity index (χ2n) is 8.40. The molecule has 1 atom stereocenters. The molecule has 3 aromatic carbocycles. The normalized spacial score (nSPS) is 15.6. The molecule has 0 radical (unpaired) electrons. The van der Waals surface area contributed by atoms with Crippen LogP contribution in [0.3, 0.4) is 0 Å². The van der Waals surface area contributed by atoms with Crippen molar-refractivity contribution in [3.63, 3.8) is 0 Å². The van der Waals surface area contributed by atoms with Gasteiger partial charge in [0.05, 0.1) is 13.7 Å². The maximum Gasteiger partial charge on any atom is 0.317 e. The number of carbonyl (C=O) groups excluding carboxylic acids is 1. The van der Waals surface area contributed by atoms with Gasteiger partial charge in [0.15, 0.2) is 11.6 Å². The average Bonchev–Trinajstić information content (AvgIpc) is 2.88. The Bertz CT molecular complexity index is 1110. The van der Waals surface area contributed by atoms with Crippen LogP contribution >= 0.6 is 0 Å². The average molecular weight is 467 g/mol. The van der Waals surface area contributed by atoms with E-state index in [1.807, 2.05) is 35.2 Å². The first-order chi connectivity index (χ1) is 16.5. The first kappa shape index (κ1) is 23.5. The Hall–Kier alpha value is -3.61. The van der Waals surface area contributed by atoms with E-state index in [1.165, 1.54) is 7.11 Å². The van der Waals surface area contributed by atoms with Crippen LogP contribution in [0, 0.1) is 17.6 Å². The van der Waals surface area contributed by atoms with E-state index in [2.05, 4.69) is 5.32 Å². The molecule has 1 fully saturated rings. The van der Waals surface area contributed by atoms with E-state index >= 15 is 0 Å². The summed E-state index contributed by atoms with van der Waals surface area (Å²) in [4.78, 5) is 14.4. The fourth-order valence-electron chi connectivity index (χ4n) is 4.14. The molecular formula is C27H28F2N2O3. The summed E-state index contributed by atoms with van der Waals surface area (Å²) in [5.41, 5.74) is 2.23. The standard InChI is InChI=1S/C27H28F2N2O3/c1-33-26-15-25(29)24(28)14-23(26)21-9-11-22(12-10-21)34-18-20-8-5-13-31(17-20)27(32)30-16-19-6-3-2-4-7-19/h2-4,6-7,9-12,14-15,20H,5,8,13,16-18H2,1H3,(H,30,32). The number of hydrogen-bond donors (Lipinski definition) is 1. The molecule has 0 aliphatic carbocycles. The van der Waals surface area contributed by atoms with E-state index in [9.17, 15) is 13.6 Å². The third-order valence-electron chi connectivity index (χ3n) is 5.99. The molecule has 1 heterocycles. The van der Waals surface area contributed by atoms with Gasteiger partial charge in [-0.15, -0.1) is 0 Å². The van der Waals surface area contributed by atoms with E-state index < -0.39 is 11.6 Å². The molecule has 7 heteroatoms. The largest absolute Gasteiger partial charge is 0.496 e. The summed E-state index contributed by atoms with van der Waals surface area (Å²) in [6.45, 7) is 2.38. The third-order valence-corrected chi connectivity index (χ3v) is 5.99. The van der Waals surface area contributed by atoms with E-state index in [-0.39, 0.29) is 17.7 Å². The molecule has 1 unspecified atom stereocenters. The van der Waals surface area contributed by atoms with Crippen molar-refractivity contribution in [1.82, 2.24) is 10.2 Å². The van der Waals surface area contributed by atoms with Gasteiger partial charge in [0.25, 0.3) is 0 Å². The lowest BCUT2D eigenvalue weighted by atomic mass is 9.99. The van der Waals surface area contributed by atoms with Crippen molar-refractivity contribution in [3.05, 3.63) is 83.9 Å². The van der Waals surface area contributed by atoms with Gasteiger partial charge in [0, 0.05) is 37.2 Å². The Balaban J connectivity index is 1.30. The van der Waals surface area contributed by atoms with Gasteiger partial charge in [0.2, 0.25) is 0 Å². The number of ether oxygens (including phenoxy) is 2. The highest BCUT2D eigenvalue weighted by Gasteiger charge is 2.24.